The molecule has 0 saturated carbocycles. The highest BCUT2D eigenvalue weighted by Crippen LogP contribution is 2.34. The Labute approximate surface area is 216 Å². The first-order valence-electron chi connectivity index (χ1n) is 12.2. The van der Waals surface area contributed by atoms with Crippen LogP contribution in [0.25, 0.3) is 30.9 Å². The molecule has 3 nitrogen and oxygen atoms in total. The van der Waals surface area contributed by atoms with Gasteiger partial charge in [-0.1, -0.05) is 61.0 Å². The smallest absolute Gasteiger partial charge is 0.251 e. The zero-order valence-corrected chi connectivity index (χ0v) is 21.2. The van der Waals surface area contributed by atoms with E-state index in [-0.39, 0.29) is 18.3 Å². The fraction of sp³-hybridized carbons (Fsp3) is 0.233. The Hall–Kier alpha value is -2.92. The predicted molar refractivity (Wildman–Crippen MR) is 151 cm³/mol. The normalized spacial score (nSPS) is 15.1. The third kappa shape index (κ3) is 4.79. The second kappa shape index (κ2) is 10.4. The van der Waals surface area contributed by atoms with E-state index >= 15 is 0 Å². The van der Waals surface area contributed by atoms with E-state index in [4.69, 9.17) is 0 Å². The van der Waals surface area contributed by atoms with Crippen molar-refractivity contribution in [1.82, 2.24) is 10.6 Å². The van der Waals surface area contributed by atoms with E-state index in [2.05, 4.69) is 77.4 Å². The van der Waals surface area contributed by atoms with Crippen LogP contribution in [0, 0.1) is 0 Å². The van der Waals surface area contributed by atoms with E-state index in [0.717, 1.165) is 37.8 Å². The molecular weight excluding hydrogens is 472 g/mol. The van der Waals surface area contributed by atoms with Crippen molar-refractivity contribution in [2.75, 3.05) is 6.54 Å². The van der Waals surface area contributed by atoms with Gasteiger partial charge in [-0.25, -0.2) is 0 Å². The van der Waals surface area contributed by atoms with Gasteiger partial charge in [0.25, 0.3) is 5.91 Å². The number of amides is 1. The summed E-state index contributed by atoms with van der Waals surface area (Å²) < 4.78 is 2.49. The number of rotatable bonds is 6. The van der Waals surface area contributed by atoms with Crippen molar-refractivity contribution < 1.29 is 4.79 Å². The predicted octanol–water partition coefficient (Wildman–Crippen LogP) is 7.24. The van der Waals surface area contributed by atoms with Gasteiger partial charge in [0.05, 0.1) is 0 Å². The number of nitrogens with one attached hydrogen (secondary N) is 2. The molecule has 2 heterocycles. The van der Waals surface area contributed by atoms with Crippen LogP contribution in [0.1, 0.15) is 40.7 Å². The molecule has 0 aliphatic carbocycles. The summed E-state index contributed by atoms with van der Waals surface area (Å²) in [5.41, 5.74) is 3.68. The molecule has 1 atom stereocenters. The molecule has 1 aliphatic rings. The maximum Gasteiger partial charge on any atom is 0.251 e. The number of carbonyl (C=O) groups is 1. The quantitative estimate of drug-likeness (QED) is 0.241. The highest BCUT2D eigenvalue weighted by atomic mass is 35.5. The Bertz CT molecular complexity index is 1510. The highest BCUT2D eigenvalue weighted by Gasteiger charge is 2.19. The summed E-state index contributed by atoms with van der Waals surface area (Å²) >= 11 is 1.78. The van der Waals surface area contributed by atoms with Gasteiger partial charge in [0, 0.05) is 44.9 Å². The Morgan fingerprint density at radius 1 is 0.886 bits per heavy atom. The summed E-state index contributed by atoms with van der Waals surface area (Å²) in [5, 5.41) is 12.0. The molecule has 35 heavy (non-hydrogen) atoms. The van der Waals surface area contributed by atoms with Gasteiger partial charge in [0.2, 0.25) is 0 Å². The van der Waals surface area contributed by atoms with E-state index in [9.17, 15) is 4.79 Å². The summed E-state index contributed by atoms with van der Waals surface area (Å²) in [4.78, 5) is 12.8. The molecule has 0 spiro atoms. The van der Waals surface area contributed by atoms with Crippen molar-refractivity contribution >= 4 is 60.6 Å². The van der Waals surface area contributed by atoms with Gasteiger partial charge < -0.3 is 10.6 Å². The van der Waals surface area contributed by atoms with Crippen LogP contribution in [-0.2, 0) is 13.0 Å². The summed E-state index contributed by atoms with van der Waals surface area (Å²) in [7, 11) is 0. The van der Waals surface area contributed by atoms with Gasteiger partial charge in [0.15, 0.2) is 0 Å². The van der Waals surface area contributed by atoms with Crippen molar-refractivity contribution in [3.63, 3.8) is 0 Å². The highest BCUT2D eigenvalue weighted by molar-refractivity contribution is 7.25. The van der Waals surface area contributed by atoms with Crippen molar-refractivity contribution in [2.45, 2.75) is 38.3 Å². The molecular formula is C30H29ClN2OS. The Balaban J connectivity index is 0.00000253. The summed E-state index contributed by atoms with van der Waals surface area (Å²) in [6, 6.07) is 28.2. The molecule has 1 aliphatic heterocycles. The summed E-state index contributed by atoms with van der Waals surface area (Å²) in [6.45, 7) is 1.66. The van der Waals surface area contributed by atoms with Crippen LogP contribution in [0.3, 0.4) is 0 Å². The molecule has 1 amide bonds. The van der Waals surface area contributed by atoms with Crippen molar-refractivity contribution in [2.24, 2.45) is 0 Å². The molecule has 1 aromatic heterocycles. The van der Waals surface area contributed by atoms with E-state index in [1.54, 1.807) is 11.3 Å². The number of benzene rings is 4. The number of halogens is 1. The van der Waals surface area contributed by atoms with E-state index in [1.165, 1.54) is 42.1 Å². The summed E-state index contributed by atoms with van der Waals surface area (Å²) in [6.07, 6.45) is 4.31. The maximum atomic E-state index is 12.8. The number of carbonyl (C=O) groups excluding carboxylic acids is 1. The molecule has 0 fully saturated rings. The molecule has 5 heteroatoms. The second-order valence-electron chi connectivity index (χ2n) is 9.27. The molecule has 2 N–H and O–H groups in total. The van der Waals surface area contributed by atoms with Crippen LogP contribution >= 0.6 is 23.7 Å². The lowest BCUT2D eigenvalue weighted by molar-refractivity contribution is 0.0953. The van der Waals surface area contributed by atoms with Crippen LogP contribution in [0.15, 0.2) is 78.9 Å². The molecule has 5 aromatic rings. The number of fused-ring (bicyclic) bond motifs is 6. The molecule has 1 unspecified atom stereocenters. The SMILES string of the molecule is Cl.O=C(NCCCCC1Cc2c(ccc3ccccc23)CN1)c1ccc2sc3ccccc3c2c1. The minimum Gasteiger partial charge on any atom is -0.352 e. The van der Waals surface area contributed by atoms with E-state index in [0.29, 0.717) is 12.6 Å². The lowest BCUT2D eigenvalue weighted by atomic mass is 9.89. The topological polar surface area (TPSA) is 41.1 Å². The summed E-state index contributed by atoms with van der Waals surface area (Å²) in [5.74, 6) is 0.0216. The molecule has 0 saturated heterocycles. The van der Waals surface area contributed by atoms with Crippen molar-refractivity contribution in [1.29, 1.82) is 0 Å². The number of unbranched alkanes of at least 4 members (excludes halogenated alkanes) is 1. The van der Waals surface area contributed by atoms with Crippen molar-refractivity contribution in [3.8, 4) is 0 Å². The molecule has 178 valence electrons. The minimum atomic E-state index is 0. The largest absolute Gasteiger partial charge is 0.352 e. The molecule has 0 radical (unpaired) electrons. The fourth-order valence-electron chi connectivity index (χ4n) is 5.25. The molecule has 4 aromatic carbocycles. The van der Waals surface area contributed by atoms with Crippen LogP contribution in [0.2, 0.25) is 0 Å². The Morgan fingerprint density at radius 2 is 1.69 bits per heavy atom. The van der Waals surface area contributed by atoms with Crippen LogP contribution < -0.4 is 10.6 Å². The zero-order chi connectivity index (χ0) is 22.9. The minimum absolute atomic E-state index is 0. The fourth-order valence-corrected chi connectivity index (χ4v) is 6.34. The average Bonchev–Trinajstić information content (AvgIpc) is 3.26. The van der Waals surface area contributed by atoms with Crippen LogP contribution in [-0.4, -0.2) is 18.5 Å². The first-order chi connectivity index (χ1) is 16.8. The van der Waals surface area contributed by atoms with Gasteiger partial charge in [-0.3, -0.25) is 4.79 Å². The van der Waals surface area contributed by atoms with E-state index < -0.39 is 0 Å². The van der Waals surface area contributed by atoms with Crippen LogP contribution in [0.4, 0.5) is 0 Å². The second-order valence-corrected chi connectivity index (χ2v) is 10.4. The standard InChI is InChI=1S/C30H28N2OS.ClH/c33-30(21-14-15-29-27(17-21)25-10-3-4-11-28(25)34-29)31-16-6-5-8-23-18-26-22(19-32-23)13-12-20-7-1-2-9-24(20)26;/h1-4,7,9-15,17,23,32H,5-6,8,16,18-19H2,(H,31,33);1H. The first-order valence-corrected chi connectivity index (χ1v) is 13.0. The van der Waals surface area contributed by atoms with Gasteiger partial charge >= 0.3 is 0 Å². The molecule has 6 rings (SSSR count). The molecule has 0 bridgehead atoms. The zero-order valence-electron chi connectivity index (χ0n) is 19.6. The number of hydrogen-bond acceptors (Lipinski definition) is 3. The Morgan fingerprint density at radius 3 is 2.60 bits per heavy atom. The number of thiophene rings is 1. The van der Waals surface area contributed by atoms with Gasteiger partial charge in [-0.15, -0.1) is 23.7 Å². The van der Waals surface area contributed by atoms with Gasteiger partial charge in [0.1, 0.15) is 0 Å². The van der Waals surface area contributed by atoms with Crippen LogP contribution in [0.5, 0.6) is 0 Å². The number of hydrogen-bond donors (Lipinski definition) is 2. The van der Waals surface area contributed by atoms with Gasteiger partial charge in [-0.05, 0) is 65.4 Å². The lowest BCUT2D eigenvalue weighted by Gasteiger charge is -2.27. The van der Waals surface area contributed by atoms with Crippen molar-refractivity contribution in [3.05, 3.63) is 95.6 Å². The van der Waals surface area contributed by atoms with Gasteiger partial charge in [-0.2, -0.15) is 0 Å². The third-order valence-corrected chi connectivity index (χ3v) is 8.22. The third-order valence-electron chi connectivity index (χ3n) is 7.07. The first kappa shape index (κ1) is 23.8. The Kier molecular flexibility index (Phi) is 7.05. The lowest BCUT2D eigenvalue weighted by Crippen LogP contribution is -2.35. The monoisotopic (exact) mass is 500 g/mol. The maximum absolute atomic E-state index is 12.8. The van der Waals surface area contributed by atoms with E-state index in [1.807, 2.05) is 12.1 Å². The average molecular weight is 501 g/mol.